The third-order valence-corrected chi connectivity index (χ3v) is 8.51. The van der Waals surface area contributed by atoms with Gasteiger partial charge in [-0.3, -0.25) is 9.59 Å². The van der Waals surface area contributed by atoms with Gasteiger partial charge in [0.1, 0.15) is 16.9 Å². The van der Waals surface area contributed by atoms with Crippen LogP contribution in [-0.4, -0.2) is 32.7 Å². The topological polar surface area (TPSA) is 111 Å². The summed E-state index contributed by atoms with van der Waals surface area (Å²) in [5, 5.41) is 0.707. The van der Waals surface area contributed by atoms with Gasteiger partial charge in [0, 0.05) is 21.5 Å². The van der Waals surface area contributed by atoms with Gasteiger partial charge in [0.15, 0.2) is 5.78 Å². The lowest BCUT2D eigenvalue weighted by atomic mass is 9.98. The maximum atomic E-state index is 14.3. The Morgan fingerprint density at radius 2 is 1.50 bits per heavy atom. The van der Waals surface area contributed by atoms with Gasteiger partial charge in [-0.2, -0.15) is 4.31 Å². The summed E-state index contributed by atoms with van der Waals surface area (Å²) in [5.74, 6) is -1.82. The number of esters is 1. The van der Waals surface area contributed by atoms with Gasteiger partial charge >= 0.3 is 5.97 Å². The number of nitrogens with zero attached hydrogens (tertiary/aromatic N) is 1. The van der Waals surface area contributed by atoms with E-state index in [1.54, 1.807) is 44.2 Å². The van der Waals surface area contributed by atoms with E-state index in [4.69, 9.17) is 20.8 Å². The van der Waals surface area contributed by atoms with E-state index in [0.717, 1.165) is 0 Å². The Labute approximate surface area is 247 Å². The van der Waals surface area contributed by atoms with Crippen LogP contribution in [-0.2, 0) is 14.8 Å². The minimum absolute atomic E-state index is 0.00512. The molecule has 0 fully saturated rings. The second kappa shape index (κ2) is 11.6. The molecule has 1 amide bonds. The Balaban J connectivity index is 1.71. The minimum Gasteiger partial charge on any atom is -0.462 e. The number of fused-ring (bicyclic) bond motifs is 1. The molecule has 8 nitrogen and oxygen atoms in total. The highest BCUT2D eigenvalue weighted by molar-refractivity contribution is 7.93. The van der Waals surface area contributed by atoms with Crippen LogP contribution in [0.15, 0.2) is 106 Å². The van der Waals surface area contributed by atoms with Crippen LogP contribution in [0.2, 0.25) is 5.02 Å². The van der Waals surface area contributed by atoms with Crippen LogP contribution in [0.1, 0.15) is 49.3 Å². The van der Waals surface area contributed by atoms with E-state index in [9.17, 15) is 22.8 Å². The van der Waals surface area contributed by atoms with Crippen molar-refractivity contribution in [3.63, 3.8) is 0 Å². The van der Waals surface area contributed by atoms with Crippen LogP contribution < -0.4 is 4.31 Å². The van der Waals surface area contributed by atoms with E-state index < -0.39 is 27.7 Å². The molecule has 10 heteroatoms. The van der Waals surface area contributed by atoms with Crippen LogP contribution in [0.3, 0.4) is 0 Å². The Morgan fingerprint density at radius 3 is 2.17 bits per heavy atom. The fourth-order valence-corrected chi connectivity index (χ4v) is 6.13. The zero-order chi connectivity index (χ0) is 30.0. The van der Waals surface area contributed by atoms with Crippen molar-refractivity contribution in [2.75, 3.05) is 10.9 Å². The van der Waals surface area contributed by atoms with Crippen LogP contribution in [0, 0.1) is 6.92 Å². The molecule has 4 aromatic carbocycles. The molecule has 0 saturated heterocycles. The number of aryl methyl sites for hydroxylation is 1. The summed E-state index contributed by atoms with van der Waals surface area (Å²) in [6, 6.07) is 23.9. The van der Waals surface area contributed by atoms with Crippen molar-refractivity contribution in [3.05, 3.63) is 130 Å². The summed E-state index contributed by atoms with van der Waals surface area (Å²) in [7, 11) is -4.51. The number of ether oxygens (including phenoxy) is 1. The van der Waals surface area contributed by atoms with E-state index in [0.29, 0.717) is 14.9 Å². The van der Waals surface area contributed by atoms with Crippen molar-refractivity contribution < 1.29 is 32.0 Å². The van der Waals surface area contributed by atoms with E-state index in [-0.39, 0.29) is 50.6 Å². The third-order valence-electron chi connectivity index (χ3n) is 6.54. The number of carbonyl (C=O) groups excluding carboxylic acids is 3. The zero-order valence-electron chi connectivity index (χ0n) is 22.5. The molecule has 42 heavy (non-hydrogen) atoms. The number of hydrogen-bond acceptors (Lipinski definition) is 7. The van der Waals surface area contributed by atoms with Gasteiger partial charge in [0.05, 0.1) is 22.8 Å². The predicted octanol–water partition coefficient (Wildman–Crippen LogP) is 6.84. The number of sulfonamides is 1. The Bertz CT molecular complexity index is 1930. The molecule has 0 saturated carbocycles. The lowest BCUT2D eigenvalue weighted by Crippen LogP contribution is -2.38. The largest absolute Gasteiger partial charge is 0.462 e. The lowest BCUT2D eigenvalue weighted by Gasteiger charge is -2.24. The van der Waals surface area contributed by atoms with Crippen LogP contribution in [0.4, 0.5) is 5.69 Å². The number of halogens is 1. The Morgan fingerprint density at radius 1 is 0.857 bits per heavy atom. The van der Waals surface area contributed by atoms with Crippen LogP contribution >= 0.6 is 11.6 Å². The molecular weight excluding hydrogens is 578 g/mol. The first kappa shape index (κ1) is 28.8. The van der Waals surface area contributed by atoms with Crippen molar-refractivity contribution >= 4 is 55.9 Å². The molecule has 0 N–H and O–H groups in total. The quantitative estimate of drug-likeness (QED) is 0.141. The molecule has 0 aliphatic heterocycles. The summed E-state index contributed by atoms with van der Waals surface area (Å²) in [5.41, 5.74) is 0.512. The molecule has 1 heterocycles. The summed E-state index contributed by atoms with van der Waals surface area (Å²) >= 11 is 5.98. The van der Waals surface area contributed by atoms with Crippen LogP contribution in [0.5, 0.6) is 0 Å². The molecule has 0 aliphatic carbocycles. The first-order valence-corrected chi connectivity index (χ1v) is 14.7. The van der Waals surface area contributed by atoms with Gasteiger partial charge in [0.2, 0.25) is 0 Å². The number of hydrogen-bond donors (Lipinski definition) is 0. The lowest BCUT2D eigenvalue weighted by molar-refractivity contribution is 0.0526. The molecule has 0 spiro atoms. The van der Waals surface area contributed by atoms with E-state index in [2.05, 4.69) is 0 Å². The van der Waals surface area contributed by atoms with Gasteiger partial charge in [0.25, 0.3) is 15.9 Å². The standard InChI is InChI=1S/C32H24ClNO7S/c1-3-40-32(37)29-20(2)41-28-18-17-23(19-27(28)29)34(42(38,39)24-9-5-4-6-10-24)31(36)26-12-8-7-11-25(26)30(35)21-13-15-22(33)16-14-21/h4-19H,3H2,1-2H3. The fourth-order valence-electron chi connectivity index (χ4n) is 4.59. The predicted molar refractivity (Wildman–Crippen MR) is 159 cm³/mol. The summed E-state index contributed by atoms with van der Waals surface area (Å²) in [6.45, 7) is 3.38. The molecule has 5 rings (SSSR count). The first-order chi connectivity index (χ1) is 20.1. The van der Waals surface area contributed by atoms with Gasteiger partial charge in [-0.05, 0) is 74.5 Å². The van der Waals surface area contributed by atoms with E-state index >= 15 is 0 Å². The van der Waals surface area contributed by atoms with Gasteiger partial charge in [-0.15, -0.1) is 0 Å². The van der Waals surface area contributed by atoms with Crippen molar-refractivity contribution in [3.8, 4) is 0 Å². The van der Waals surface area contributed by atoms with Gasteiger partial charge in [-0.1, -0.05) is 48.0 Å². The molecule has 212 valence electrons. The average molecular weight is 602 g/mol. The maximum Gasteiger partial charge on any atom is 0.342 e. The second-order valence-electron chi connectivity index (χ2n) is 9.20. The highest BCUT2D eigenvalue weighted by Gasteiger charge is 2.34. The molecule has 0 aliphatic rings. The number of amides is 1. The summed E-state index contributed by atoms with van der Waals surface area (Å²) in [6.07, 6.45) is 0. The average Bonchev–Trinajstić information content (AvgIpc) is 3.32. The number of anilines is 1. The first-order valence-electron chi connectivity index (χ1n) is 12.9. The minimum atomic E-state index is -4.51. The van der Waals surface area contributed by atoms with E-state index in [1.165, 1.54) is 66.7 Å². The highest BCUT2D eigenvalue weighted by Crippen LogP contribution is 2.34. The van der Waals surface area contributed by atoms with Crippen molar-refractivity contribution in [1.82, 2.24) is 0 Å². The Kier molecular flexibility index (Phi) is 7.98. The molecular formula is C32H24ClNO7S. The number of benzene rings is 4. The summed E-state index contributed by atoms with van der Waals surface area (Å²) < 4.78 is 39.7. The zero-order valence-corrected chi connectivity index (χ0v) is 24.1. The third kappa shape index (κ3) is 5.32. The summed E-state index contributed by atoms with van der Waals surface area (Å²) in [4.78, 5) is 40.4. The number of ketones is 1. The molecule has 0 radical (unpaired) electrons. The normalized spacial score (nSPS) is 11.3. The Hall–Kier alpha value is -4.73. The van der Waals surface area contributed by atoms with Crippen molar-refractivity contribution in [1.29, 1.82) is 0 Å². The fraction of sp³-hybridized carbons (Fsp3) is 0.0938. The number of carbonyl (C=O) groups is 3. The van der Waals surface area contributed by atoms with E-state index in [1.807, 2.05) is 0 Å². The highest BCUT2D eigenvalue weighted by atomic mass is 35.5. The van der Waals surface area contributed by atoms with Crippen molar-refractivity contribution in [2.24, 2.45) is 0 Å². The smallest absolute Gasteiger partial charge is 0.342 e. The maximum absolute atomic E-state index is 14.3. The molecule has 0 bridgehead atoms. The second-order valence-corrected chi connectivity index (χ2v) is 11.4. The number of furan rings is 1. The monoisotopic (exact) mass is 601 g/mol. The van der Waals surface area contributed by atoms with Crippen molar-refractivity contribution in [2.45, 2.75) is 18.7 Å². The molecule has 5 aromatic rings. The molecule has 1 aromatic heterocycles. The SMILES string of the molecule is CCOC(=O)c1c(C)oc2ccc(N(C(=O)c3ccccc3C(=O)c3ccc(Cl)cc3)S(=O)(=O)c3ccccc3)cc12. The number of rotatable bonds is 8. The van der Waals surface area contributed by atoms with Crippen LogP contribution in [0.25, 0.3) is 11.0 Å². The van der Waals surface area contributed by atoms with Gasteiger partial charge < -0.3 is 9.15 Å². The molecule has 0 atom stereocenters. The molecule has 0 unspecified atom stereocenters. The van der Waals surface area contributed by atoms with Gasteiger partial charge in [-0.25, -0.2) is 13.2 Å².